The number of sulfonamides is 1. The normalized spacial score (nSPS) is 14.1. The van der Waals surface area contributed by atoms with Crippen molar-refractivity contribution in [1.82, 2.24) is 4.31 Å². The van der Waals surface area contributed by atoms with Gasteiger partial charge >= 0.3 is 0 Å². The van der Waals surface area contributed by atoms with Crippen LogP contribution in [0.5, 0.6) is 0 Å². The number of rotatable bonds is 7. The highest BCUT2D eigenvalue weighted by molar-refractivity contribution is 7.89. The lowest BCUT2D eigenvalue weighted by molar-refractivity contribution is 0.285. The summed E-state index contributed by atoms with van der Waals surface area (Å²) in [6, 6.07) is 1.55. The van der Waals surface area contributed by atoms with Gasteiger partial charge in [0.1, 0.15) is 0 Å². The molecule has 6 heteroatoms. The van der Waals surface area contributed by atoms with Crippen molar-refractivity contribution in [2.24, 2.45) is 5.92 Å². The van der Waals surface area contributed by atoms with Gasteiger partial charge in [0, 0.05) is 23.3 Å². The van der Waals surface area contributed by atoms with Crippen LogP contribution in [0.4, 0.5) is 0 Å². The average Bonchev–Trinajstić information content (AvgIpc) is 2.84. The van der Waals surface area contributed by atoms with E-state index in [0.29, 0.717) is 28.8 Å². The van der Waals surface area contributed by atoms with Crippen LogP contribution < -0.4 is 0 Å². The van der Waals surface area contributed by atoms with Crippen molar-refractivity contribution in [2.75, 3.05) is 13.1 Å². The largest absolute Gasteiger partial charge is 0.391 e. The van der Waals surface area contributed by atoms with E-state index in [-0.39, 0.29) is 6.61 Å². The lowest BCUT2D eigenvalue weighted by Crippen LogP contribution is -2.34. The number of aliphatic hydroxyl groups excluding tert-OH is 1. The highest BCUT2D eigenvalue weighted by atomic mass is 32.2. The van der Waals surface area contributed by atoms with Gasteiger partial charge in [-0.15, -0.1) is 11.3 Å². The Morgan fingerprint density at radius 2 is 2.11 bits per heavy atom. The van der Waals surface area contributed by atoms with Crippen LogP contribution in [-0.2, 0) is 16.6 Å². The predicted octanol–water partition coefficient (Wildman–Crippen LogP) is 2.30. The Morgan fingerprint density at radius 3 is 2.56 bits per heavy atom. The van der Waals surface area contributed by atoms with Crippen LogP contribution >= 0.6 is 11.3 Å². The molecular formula is C12H21NO3S2. The maximum absolute atomic E-state index is 12.4. The molecule has 0 bridgehead atoms. The van der Waals surface area contributed by atoms with Crippen molar-refractivity contribution in [3.05, 3.63) is 16.3 Å². The van der Waals surface area contributed by atoms with Crippen molar-refractivity contribution in [3.8, 4) is 0 Å². The summed E-state index contributed by atoms with van der Waals surface area (Å²) < 4.78 is 26.3. The summed E-state index contributed by atoms with van der Waals surface area (Å²) in [7, 11) is -3.41. The van der Waals surface area contributed by atoms with Gasteiger partial charge in [-0.2, -0.15) is 4.31 Å². The first-order valence-corrected chi connectivity index (χ1v) is 8.46. The van der Waals surface area contributed by atoms with Crippen LogP contribution in [0.2, 0.25) is 0 Å². The Bertz CT molecular complexity index is 467. The van der Waals surface area contributed by atoms with E-state index >= 15 is 0 Å². The molecule has 1 N–H and O–H groups in total. The van der Waals surface area contributed by atoms with E-state index in [1.165, 1.54) is 15.6 Å². The highest BCUT2D eigenvalue weighted by Crippen LogP contribution is 2.23. The van der Waals surface area contributed by atoms with E-state index in [1.807, 2.05) is 13.8 Å². The lowest BCUT2D eigenvalue weighted by Gasteiger charge is -2.22. The molecule has 0 aliphatic heterocycles. The SMILES string of the molecule is CCC(C)CN(CC)S(=O)(=O)c1csc(CO)c1. The minimum atomic E-state index is -3.41. The Balaban J connectivity index is 2.95. The zero-order valence-corrected chi connectivity index (χ0v) is 12.7. The Kier molecular flexibility index (Phi) is 5.78. The van der Waals surface area contributed by atoms with E-state index in [0.717, 1.165) is 6.42 Å². The molecule has 1 aromatic heterocycles. The number of hydrogen-bond donors (Lipinski definition) is 1. The molecule has 0 saturated carbocycles. The molecule has 1 rings (SSSR count). The molecule has 0 saturated heterocycles. The molecule has 0 fully saturated rings. The standard InChI is InChI=1S/C12H21NO3S2/c1-4-10(3)7-13(5-2)18(15,16)12-6-11(8-14)17-9-12/h6,9-10,14H,4-5,7-8H2,1-3H3. The van der Waals surface area contributed by atoms with Gasteiger partial charge in [-0.3, -0.25) is 0 Å². The second-order valence-electron chi connectivity index (χ2n) is 4.38. The van der Waals surface area contributed by atoms with Crippen molar-refractivity contribution in [2.45, 2.75) is 38.7 Å². The molecule has 18 heavy (non-hydrogen) atoms. The smallest absolute Gasteiger partial charge is 0.243 e. The van der Waals surface area contributed by atoms with Gasteiger partial charge in [-0.25, -0.2) is 8.42 Å². The molecule has 1 heterocycles. The third-order valence-electron chi connectivity index (χ3n) is 2.99. The maximum atomic E-state index is 12.4. The van der Waals surface area contributed by atoms with Crippen LogP contribution in [0.3, 0.4) is 0 Å². The predicted molar refractivity (Wildman–Crippen MR) is 74.1 cm³/mol. The Morgan fingerprint density at radius 1 is 1.44 bits per heavy atom. The fourth-order valence-electron chi connectivity index (χ4n) is 1.60. The molecule has 104 valence electrons. The van der Waals surface area contributed by atoms with Gasteiger partial charge in [-0.05, 0) is 12.0 Å². The van der Waals surface area contributed by atoms with E-state index in [9.17, 15) is 8.42 Å². The summed E-state index contributed by atoms with van der Waals surface area (Å²) in [4.78, 5) is 0.967. The van der Waals surface area contributed by atoms with E-state index in [1.54, 1.807) is 11.4 Å². The van der Waals surface area contributed by atoms with E-state index < -0.39 is 10.0 Å². The van der Waals surface area contributed by atoms with Gasteiger partial charge in [0.2, 0.25) is 10.0 Å². The van der Waals surface area contributed by atoms with E-state index in [2.05, 4.69) is 6.92 Å². The summed E-state index contributed by atoms with van der Waals surface area (Å²) in [6.07, 6.45) is 0.956. The van der Waals surface area contributed by atoms with Gasteiger partial charge < -0.3 is 5.11 Å². The van der Waals surface area contributed by atoms with Crippen LogP contribution in [0.1, 0.15) is 32.1 Å². The van der Waals surface area contributed by atoms with E-state index in [4.69, 9.17) is 5.11 Å². The number of aliphatic hydroxyl groups is 1. The summed E-state index contributed by atoms with van der Waals surface area (Å²) in [5, 5.41) is 10.6. The molecule has 0 aromatic carbocycles. The zero-order valence-electron chi connectivity index (χ0n) is 11.1. The summed E-state index contributed by atoms with van der Waals surface area (Å²) >= 11 is 1.27. The van der Waals surface area contributed by atoms with Crippen LogP contribution in [0, 0.1) is 5.92 Å². The third kappa shape index (κ3) is 3.54. The molecule has 0 aliphatic rings. The van der Waals surface area contributed by atoms with Crippen molar-refractivity contribution in [1.29, 1.82) is 0 Å². The summed E-state index contributed by atoms with van der Waals surface area (Å²) in [5.74, 6) is 0.343. The van der Waals surface area contributed by atoms with Gasteiger partial charge in [0.25, 0.3) is 0 Å². The highest BCUT2D eigenvalue weighted by Gasteiger charge is 2.25. The minimum Gasteiger partial charge on any atom is -0.391 e. The number of hydrogen-bond acceptors (Lipinski definition) is 4. The molecule has 0 radical (unpaired) electrons. The molecule has 0 amide bonds. The Hall–Kier alpha value is -0.430. The topological polar surface area (TPSA) is 57.6 Å². The summed E-state index contributed by atoms with van der Waals surface area (Å²) in [6.45, 7) is 6.85. The average molecular weight is 291 g/mol. The number of thiophene rings is 1. The fourth-order valence-corrected chi connectivity index (χ4v) is 4.29. The van der Waals surface area contributed by atoms with Crippen LogP contribution in [-0.4, -0.2) is 30.9 Å². The minimum absolute atomic E-state index is 0.113. The first kappa shape index (κ1) is 15.6. The maximum Gasteiger partial charge on any atom is 0.243 e. The van der Waals surface area contributed by atoms with Gasteiger partial charge in [0.05, 0.1) is 11.5 Å². The molecule has 1 unspecified atom stereocenters. The first-order chi connectivity index (χ1) is 8.45. The lowest BCUT2D eigenvalue weighted by atomic mass is 10.1. The molecular weight excluding hydrogens is 270 g/mol. The third-order valence-corrected chi connectivity index (χ3v) is 5.98. The second-order valence-corrected chi connectivity index (χ2v) is 7.31. The molecule has 0 spiro atoms. The molecule has 1 aromatic rings. The van der Waals surface area contributed by atoms with Crippen LogP contribution in [0.15, 0.2) is 16.3 Å². The Labute approximate surface area is 113 Å². The molecule has 1 atom stereocenters. The van der Waals surface area contributed by atoms with Crippen LogP contribution in [0.25, 0.3) is 0 Å². The quantitative estimate of drug-likeness (QED) is 0.838. The summed E-state index contributed by atoms with van der Waals surface area (Å²) in [5.41, 5.74) is 0. The van der Waals surface area contributed by atoms with Crippen molar-refractivity contribution < 1.29 is 13.5 Å². The van der Waals surface area contributed by atoms with Gasteiger partial charge in [0.15, 0.2) is 0 Å². The molecule has 4 nitrogen and oxygen atoms in total. The first-order valence-electron chi connectivity index (χ1n) is 6.14. The molecule has 0 aliphatic carbocycles. The van der Waals surface area contributed by atoms with Gasteiger partial charge in [-0.1, -0.05) is 27.2 Å². The second kappa shape index (κ2) is 6.65. The monoisotopic (exact) mass is 291 g/mol. The zero-order chi connectivity index (χ0) is 13.8. The van der Waals surface area contributed by atoms with Crippen molar-refractivity contribution >= 4 is 21.4 Å². The fraction of sp³-hybridized carbons (Fsp3) is 0.667. The van der Waals surface area contributed by atoms with Crippen molar-refractivity contribution in [3.63, 3.8) is 0 Å². The number of nitrogens with zero attached hydrogens (tertiary/aromatic N) is 1.